The number of imidazole rings is 1. The van der Waals surface area contributed by atoms with Crippen molar-refractivity contribution in [2.45, 2.75) is 31.8 Å². The summed E-state index contributed by atoms with van der Waals surface area (Å²) in [4.78, 5) is 18.8. The Bertz CT molecular complexity index is 517. The normalized spacial score (nSPS) is 24.3. The Morgan fingerprint density at radius 1 is 1.14 bits per heavy atom. The van der Waals surface area contributed by atoms with Crippen LogP contribution in [0.5, 0.6) is 0 Å². The molecule has 4 rings (SSSR count). The summed E-state index contributed by atoms with van der Waals surface area (Å²) < 4.78 is 18.7. The number of hydrogen-bond acceptors (Lipinski definition) is 5. The lowest BCUT2D eigenvalue weighted by atomic mass is 10.0. The number of amides is 1. The van der Waals surface area contributed by atoms with Crippen LogP contribution in [-0.4, -0.2) is 59.1 Å². The zero-order valence-electron chi connectivity index (χ0n) is 11.9. The van der Waals surface area contributed by atoms with Crippen molar-refractivity contribution < 1.29 is 19.0 Å². The minimum atomic E-state index is -0.446. The van der Waals surface area contributed by atoms with Crippen LogP contribution in [0, 0.1) is 0 Å². The molecule has 0 aromatic carbocycles. The van der Waals surface area contributed by atoms with E-state index in [9.17, 15) is 4.79 Å². The number of ether oxygens (including phenoxy) is 3. The Balaban J connectivity index is 1.44. The molecule has 1 spiro atoms. The van der Waals surface area contributed by atoms with E-state index in [1.165, 1.54) is 0 Å². The van der Waals surface area contributed by atoms with E-state index in [-0.39, 0.29) is 5.91 Å². The monoisotopic (exact) mass is 293 g/mol. The average Bonchev–Trinajstić information content (AvgIpc) is 3.14. The van der Waals surface area contributed by atoms with Gasteiger partial charge in [-0.1, -0.05) is 0 Å². The van der Waals surface area contributed by atoms with Gasteiger partial charge in [0.05, 0.1) is 19.8 Å². The molecule has 0 aliphatic carbocycles. The molecule has 2 saturated heterocycles. The van der Waals surface area contributed by atoms with Crippen LogP contribution in [0.1, 0.15) is 29.2 Å². The third-order valence-electron chi connectivity index (χ3n) is 4.41. The fraction of sp³-hybridized carbons (Fsp3) is 0.714. The third kappa shape index (κ3) is 2.35. The van der Waals surface area contributed by atoms with Crippen LogP contribution in [0.3, 0.4) is 0 Å². The second kappa shape index (κ2) is 5.08. The van der Waals surface area contributed by atoms with Crippen LogP contribution in [0.4, 0.5) is 0 Å². The molecule has 3 aliphatic rings. The minimum Gasteiger partial charge on any atom is -0.372 e. The standard InChI is InChI=1S/C14H19N3O4/c18-13(11-9-17-5-6-19-10-12(17)15-11)16-3-1-14(2-4-16)20-7-8-21-14/h9H,1-8,10H2. The summed E-state index contributed by atoms with van der Waals surface area (Å²) in [6, 6.07) is 0. The van der Waals surface area contributed by atoms with E-state index in [1.54, 1.807) is 0 Å². The van der Waals surface area contributed by atoms with Crippen LogP contribution in [0.15, 0.2) is 6.20 Å². The Kier molecular flexibility index (Phi) is 3.20. The molecule has 21 heavy (non-hydrogen) atoms. The highest BCUT2D eigenvalue weighted by molar-refractivity contribution is 5.92. The van der Waals surface area contributed by atoms with Gasteiger partial charge in [-0.15, -0.1) is 0 Å². The van der Waals surface area contributed by atoms with Gasteiger partial charge in [0.25, 0.3) is 5.91 Å². The molecule has 1 aromatic rings. The van der Waals surface area contributed by atoms with Gasteiger partial charge in [0, 0.05) is 38.7 Å². The van der Waals surface area contributed by atoms with Crippen molar-refractivity contribution in [3.05, 3.63) is 17.7 Å². The lowest BCUT2D eigenvalue weighted by Crippen LogP contribution is -2.47. The van der Waals surface area contributed by atoms with Crippen molar-refractivity contribution in [1.29, 1.82) is 0 Å². The SMILES string of the molecule is O=C(c1cn2c(n1)COCC2)N1CCC2(CC1)OCCO2. The predicted octanol–water partition coefficient (Wildman–Crippen LogP) is 0.392. The van der Waals surface area contributed by atoms with Gasteiger partial charge in [0.2, 0.25) is 0 Å². The molecule has 0 N–H and O–H groups in total. The Hall–Kier alpha value is -1.44. The molecular formula is C14H19N3O4. The Labute approximate surface area is 122 Å². The van der Waals surface area contributed by atoms with Crippen LogP contribution in [0.25, 0.3) is 0 Å². The van der Waals surface area contributed by atoms with Gasteiger partial charge in [-0.2, -0.15) is 0 Å². The van der Waals surface area contributed by atoms with E-state index in [0.29, 0.717) is 45.2 Å². The van der Waals surface area contributed by atoms with Gasteiger partial charge < -0.3 is 23.7 Å². The Morgan fingerprint density at radius 3 is 2.62 bits per heavy atom. The molecule has 0 saturated carbocycles. The van der Waals surface area contributed by atoms with Gasteiger partial charge in [-0.25, -0.2) is 4.98 Å². The fourth-order valence-corrected chi connectivity index (χ4v) is 3.19. The first-order valence-corrected chi connectivity index (χ1v) is 7.47. The van der Waals surface area contributed by atoms with Crippen LogP contribution >= 0.6 is 0 Å². The van der Waals surface area contributed by atoms with Crippen molar-refractivity contribution in [3.8, 4) is 0 Å². The smallest absolute Gasteiger partial charge is 0.274 e. The average molecular weight is 293 g/mol. The first-order chi connectivity index (χ1) is 10.3. The fourth-order valence-electron chi connectivity index (χ4n) is 3.19. The quantitative estimate of drug-likeness (QED) is 0.749. The number of fused-ring (bicyclic) bond motifs is 1. The molecule has 1 aromatic heterocycles. The first kappa shape index (κ1) is 13.2. The summed E-state index contributed by atoms with van der Waals surface area (Å²) in [5.41, 5.74) is 0.514. The van der Waals surface area contributed by atoms with Crippen molar-refractivity contribution in [2.75, 3.05) is 32.9 Å². The molecule has 114 valence electrons. The number of carbonyl (C=O) groups excluding carboxylic acids is 1. The third-order valence-corrected chi connectivity index (χ3v) is 4.41. The zero-order chi connectivity index (χ0) is 14.3. The van der Waals surface area contributed by atoms with Gasteiger partial charge in [0.15, 0.2) is 5.79 Å². The summed E-state index contributed by atoms with van der Waals surface area (Å²) in [5, 5.41) is 0. The molecule has 2 fully saturated rings. The molecule has 4 heterocycles. The second-order valence-electron chi connectivity index (χ2n) is 5.69. The number of piperidine rings is 1. The lowest BCUT2D eigenvalue weighted by Gasteiger charge is -2.37. The number of hydrogen-bond donors (Lipinski definition) is 0. The minimum absolute atomic E-state index is 0.00949. The summed E-state index contributed by atoms with van der Waals surface area (Å²) >= 11 is 0. The molecule has 3 aliphatic heterocycles. The van der Waals surface area contributed by atoms with Gasteiger partial charge in [0.1, 0.15) is 18.1 Å². The van der Waals surface area contributed by atoms with E-state index in [2.05, 4.69) is 4.98 Å². The number of aromatic nitrogens is 2. The number of nitrogens with zero attached hydrogens (tertiary/aromatic N) is 3. The highest BCUT2D eigenvalue weighted by atomic mass is 16.7. The summed E-state index contributed by atoms with van der Waals surface area (Å²) in [5.74, 6) is 0.378. The van der Waals surface area contributed by atoms with Gasteiger partial charge in [-0.3, -0.25) is 4.79 Å². The van der Waals surface area contributed by atoms with Crippen molar-refractivity contribution >= 4 is 5.91 Å². The Morgan fingerprint density at radius 2 is 1.90 bits per heavy atom. The van der Waals surface area contributed by atoms with Crippen molar-refractivity contribution in [1.82, 2.24) is 14.5 Å². The zero-order valence-corrected chi connectivity index (χ0v) is 11.9. The molecule has 7 nitrogen and oxygen atoms in total. The van der Waals surface area contributed by atoms with E-state index in [1.807, 2.05) is 15.7 Å². The van der Waals surface area contributed by atoms with Crippen LogP contribution in [-0.2, 0) is 27.4 Å². The highest BCUT2D eigenvalue weighted by Gasteiger charge is 2.41. The summed E-state index contributed by atoms with van der Waals surface area (Å²) in [6.07, 6.45) is 3.30. The van der Waals surface area contributed by atoms with Crippen molar-refractivity contribution in [3.63, 3.8) is 0 Å². The van der Waals surface area contributed by atoms with Crippen molar-refractivity contribution in [2.24, 2.45) is 0 Å². The van der Waals surface area contributed by atoms with E-state index < -0.39 is 5.79 Å². The maximum absolute atomic E-state index is 12.5. The molecule has 0 radical (unpaired) electrons. The predicted molar refractivity (Wildman–Crippen MR) is 71.7 cm³/mol. The van der Waals surface area contributed by atoms with E-state index >= 15 is 0 Å². The molecule has 7 heteroatoms. The molecule has 0 bridgehead atoms. The second-order valence-corrected chi connectivity index (χ2v) is 5.69. The van der Waals surface area contributed by atoms with Crippen LogP contribution in [0.2, 0.25) is 0 Å². The summed E-state index contributed by atoms with van der Waals surface area (Å²) in [6.45, 7) is 4.54. The maximum Gasteiger partial charge on any atom is 0.274 e. The van der Waals surface area contributed by atoms with Gasteiger partial charge in [-0.05, 0) is 0 Å². The number of rotatable bonds is 1. The van der Waals surface area contributed by atoms with E-state index in [4.69, 9.17) is 14.2 Å². The van der Waals surface area contributed by atoms with Gasteiger partial charge >= 0.3 is 0 Å². The summed E-state index contributed by atoms with van der Waals surface area (Å²) in [7, 11) is 0. The molecule has 1 amide bonds. The van der Waals surface area contributed by atoms with Crippen LogP contribution < -0.4 is 0 Å². The number of carbonyl (C=O) groups is 1. The topological polar surface area (TPSA) is 65.8 Å². The number of likely N-dealkylation sites (tertiary alicyclic amines) is 1. The molecular weight excluding hydrogens is 274 g/mol. The maximum atomic E-state index is 12.5. The highest BCUT2D eigenvalue weighted by Crippen LogP contribution is 2.31. The van der Waals surface area contributed by atoms with E-state index in [0.717, 1.165) is 25.2 Å². The lowest BCUT2D eigenvalue weighted by molar-refractivity contribution is -0.181. The molecule has 0 unspecified atom stereocenters. The molecule has 0 atom stereocenters. The first-order valence-electron chi connectivity index (χ1n) is 7.47. The largest absolute Gasteiger partial charge is 0.372 e.